The number of hydrogen-bond donors (Lipinski definition) is 2. The first kappa shape index (κ1) is 22.9. The topological polar surface area (TPSA) is 96.3 Å². The number of para-hydroxylation sites is 1. The molecule has 1 aromatic heterocycles. The second kappa shape index (κ2) is 11.0. The molecule has 0 radical (unpaired) electrons. The second-order valence-corrected chi connectivity index (χ2v) is 8.09. The van der Waals surface area contributed by atoms with E-state index in [4.69, 9.17) is 0 Å². The number of nitrogens with zero attached hydrogens (tertiary/aromatic N) is 3. The molecule has 0 saturated carbocycles. The first-order chi connectivity index (χ1) is 13.8. The molecule has 1 aromatic carbocycles. The van der Waals surface area contributed by atoms with Crippen molar-refractivity contribution in [2.45, 2.75) is 44.4 Å². The molecule has 0 unspecified atom stereocenters. The highest BCUT2D eigenvalue weighted by molar-refractivity contribution is 7.99. The minimum absolute atomic E-state index is 0.00755. The van der Waals surface area contributed by atoms with Gasteiger partial charge in [-0.05, 0) is 52.5 Å². The Bertz CT molecular complexity index is 913. The minimum atomic E-state index is -0.514. The Hall–Kier alpha value is -2.39. The number of fused-ring (bicyclic) bond motifs is 1. The Balaban J connectivity index is 2.14. The lowest BCUT2D eigenvalue weighted by molar-refractivity contribution is -0.117. The minimum Gasteiger partial charge on any atom is -0.335 e. The number of imide groups is 1. The van der Waals surface area contributed by atoms with E-state index >= 15 is 0 Å². The Kier molecular flexibility index (Phi) is 8.66. The van der Waals surface area contributed by atoms with Crippen LogP contribution in [0.1, 0.15) is 26.7 Å². The second-order valence-electron chi connectivity index (χ2n) is 7.14. The number of benzene rings is 1. The summed E-state index contributed by atoms with van der Waals surface area (Å²) in [6.45, 7) is 5.15. The number of urea groups is 1. The summed E-state index contributed by atoms with van der Waals surface area (Å²) in [5, 5.41) is 6.03. The van der Waals surface area contributed by atoms with Gasteiger partial charge in [0.25, 0.3) is 5.56 Å². The normalized spacial score (nSPS) is 12.2. The van der Waals surface area contributed by atoms with Gasteiger partial charge in [-0.25, -0.2) is 9.78 Å². The molecule has 0 fully saturated rings. The number of rotatable bonds is 9. The summed E-state index contributed by atoms with van der Waals surface area (Å²) in [5.41, 5.74) is 0.477. The summed E-state index contributed by atoms with van der Waals surface area (Å²) in [4.78, 5) is 43.5. The van der Waals surface area contributed by atoms with Crippen LogP contribution in [-0.4, -0.2) is 58.8 Å². The lowest BCUT2D eigenvalue weighted by atomic mass is 10.2. The van der Waals surface area contributed by atoms with E-state index in [1.807, 2.05) is 40.1 Å². The molecule has 0 aliphatic carbocycles. The van der Waals surface area contributed by atoms with E-state index in [1.54, 1.807) is 16.7 Å². The van der Waals surface area contributed by atoms with Crippen molar-refractivity contribution in [2.75, 3.05) is 26.4 Å². The van der Waals surface area contributed by atoms with Crippen LogP contribution in [0.5, 0.6) is 0 Å². The van der Waals surface area contributed by atoms with E-state index in [0.29, 0.717) is 22.6 Å². The fourth-order valence-electron chi connectivity index (χ4n) is 2.65. The Morgan fingerprint density at radius 3 is 2.69 bits per heavy atom. The highest BCUT2D eigenvalue weighted by atomic mass is 32.2. The van der Waals surface area contributed by atoms with E-state index < -0.39 is 11.9 Å². The molecule has 0 bridgehead atoms. The van der Waals surface area contributed by atoms with Crippen molar-refractivity contribution >= 4 is 34.6 Å². The molecule has 1 heterocycles. The molecule has 0 aliphatic heterocycles. The van der Waals surface area contributed by atoms with Gasteiger partial charge in [0.15, 0.2) is 5.16 Å². The highest BCUT2D eigenvalue weighted by Gasteiger charge is 2.15. The summed E-state index contributed by atoms with van der Waals surface area (Å²) in [7, 11) is 3.96. The quantitative estimate of drug-likeness (QED) is 0.477. The number of carbonyl (C=O) groups is 2. The molecule has 0 saturated heterocycles. The van der Waals surface area contributed by atoms with Crippen molar-refractivity contribution in [3.8, 4) is 0 Å². The van der Waals surface area contributed by atoms with E-state index in [1.165, 1.54) is 0 Å². The molecule has 3 amide bonds. The van der Waals surface area contributed by atoms with Crippen LogP contribution in [-0.2, 0) is 11.3 Å². The van der Waals surface area contributed by atoms with Crippen LogP contribution in [0.3, 0.4) is 0 Å². The molecular weight excluding hydrogens is 390 g/mol. The zero-order chi connectivity index (χ0) is 21.4. The van der Waals surface area contributed by atoms with Crippen LogP contribution < -0.4 is 16.2 Å². The van der Waals surface area contributed by atoms with Crippen LogP contribution in [0.2, 0.25) is 0 Å². The smallest absolute Gasteiger partial charge is 0.321 e. The van der Waals surface area contributed by atoms with Gasteiger partial charge in [0.05, 0.1) is 16.7 Å². The molecule has 2 rings (SSSR count). The number of aromatic nitrogens is 2. The van der Waals surface area contributed by atoms with Gasteiger partial charge in [-0.15, -0.1) is 0 Å². The third-order valence-electron chi connectivity index (χ3n) is 4.39. The van der Waals surface area contributed by atoms with Crippen LogP contribution in [0.25, 0.3) is 10.9 Å². The number of nitrogens with one attached hydrogen (secondary N) is 2. The van der Waals surface area contributed by atoms with Crippen LogP contribution in [0.15, 0.2) is 34.2 Å². The van der Waals surface area contributed by atoms with Crippen LogP contribution in [0, 0.1) is 0 Å². The predicted octanol–water partition coefficient (Wildman–Crippen LogP) is 2.06. The first-order valence-corrected chi connectivity index (χ1v) is 10.7. The van der Waals surface area contributed by atoms with Crippen molar-refractivity contribution in [3.05, 3.63) is 34.6 Å². The third-order valence-corrected chi connectivity index (χ3v) is 5.37. The fraction of sp³-hybridized carbons (Fsp3) is 0.500. The molecule has 2 aromatic rings. The summed E-state index contributed by atoms with van der Waals surface area (Å²) in [5.74, 6) is -0.440. The SMILES string of the molecule is CC[C@H](C)NC(=O)NC(=O)CSc1nc2ccccc2c(=O)n1CCCN(C)C. The lowest BCUT2D eigenvalue weighted by Crippen LogP contribution is -2.44. The molecule has 2 N–H and O–H groups in total. The van der Waals surface area contributed by atoms with E-state index in [-0.39, 0.29) is 17.4 Å². The zero-order valence-corrected chi connectivity index (χ0v) is 18.2. The maximum Gasteiger partial charge on any atom is 0.321 e. The number of amides is 3. The Morgan fingerprint density at radius 2 is 2.00 bits per heavy atom. The molecular formula is C20H29N5O3S. The molecule has 8 nitrogen and oxygen atoms in total. The van der Waals surface area contributed by atoms with E-state index in [0.717, 1.165) is 31.1 Å². The summed E-state index contributed by atoms with van der Waals surface area (Å²) >= 11 is 1.16. The van der Waals surface area contributed by atoms with Gasteiger partial charge < -0.3 is 10.2 Å². The molecule has 0 aliphatic rings. The molecule has 0 spiro atoms. The monoisotopic (exact) mass is 419 g/mol. The summed E-state index contributed by atoms with van der Waals surface area (Å²) < 4.78 is 1.61. The van der Waals surface area contributed by atoms with Gasteiger partial charge in [-0.1, -0.05) is 30.8 Å². The fourth-order valence-corrected chi connectivity index (χ4v) is 3.48. The third kappa shape index (κ3) is 6.86. The number of hydrogen-bond acceptors (Lipinski definition) is 6. The maximum atomic E-state index is 12.9. The Labute approximate surface area is 175 Å². The molecule has 29 heavy (non-hydrogen) atoms. The van der Waals surface area contributed by atoms with Gasteiger partial charge in [0, 0.05) is 12.6 Å². The van der Waals surface area contributed by atoms with Crippen LogP contribution >= 0.6 is 11.8 Å². The lowest BCUT2D eigenvalue weighted by Gasteiger charge is -2.15. The van der Waals surface area contributed by atoms with E-state index in [9.17, 15) is 14.4 Å². The largest absolute Gasteiger partial charge is 0.335 e. The van der Waals surface area contributed by atoms with Gasteiger partial charge in [0.1, 0.15) is 0 Å². The zero-order valence-electron chi connectivity index (χ0n) is 17.4. The summed E-state index contributed by atoms with van der Waals surface area (Å²) in [6.07, 6.45) is 1.56. The van der Waals surface area contributed by atoms with Crippen molar-refractivity contribution in [3.63, 3.8) is 0 Å². The van der Waals surface area contributed by atoms with Gasteiger partial charge in [-0.2, -0.15) is 0 Å². The number of thioether (sulfide) groups is 1. The van der Waals surface area contributed by atoms with Crippen molar-refractivity contribution in [2.24, 2.45) is 0 Å². The molecule has 1 atom stereocenters. The average Bonchev–Trinajstić information content (AvgIpc) is 2.67. The maximum absolute atomic E-state index is 12.9. The highest BCUT2D eigenvalue weighted by Crippen LogP contribution is 2.18. The van der Waals surface area contributed by atoms with Gasteiger partial charge >= 0.3 is 6.03 Å². The first-order valence-electron chi connectivity index (χ1n) is 9.69. The molecule has 9 heteroatoms. The molecule has 158 valence electrons. The van der Waals surface area contributed by atoms with Gasteiger partial charge in [0.2, 0.25) is 5.91 Å². The predicted molar refractivity (Wildman–Crippen MR) is 116 cm³/mol. The Morgan fingerprint density at radius 1 is 1.28 bits per heavy atom. The van der Waals surface area contributed by atoms with Crippen LogP contribution in [0.4, 0.5) is 4.79 Å². The summed E-state index contributed by atoms with van der Waals surface area (Å²) in [6, 6.07) is 6.65. The average molecular weight is 420 g/mol. The number of carbonyl (C=O) groups excluding carboxylic acids is 2. The van der Waals surface area contributed by atoms with Gasteiger partial charge in [-0.3, -0.25) is 19.5 Å². The van der Waals surface area contributed by atoms with Crippen molar-refractivity contribution in [1.29, 1.82) is 0 Å². The van der Waals surface area contributed by atoms with E-state index in [2.05, 4.69) is 20.5 Å². The van der Waals surface area contributed by atoms with Crippen molar-refractivity contribution < 1.29 is 9.59 Å². The van der Waals surface area contributed by atoms with Crippen molar-refractivity contribution in [1.82, 2.24) is 25.1 Å². The standard InChI is InChI=1S/C20H29N5O3S/c1-5-14(2)21-19(28)23-17(26)13-29-20-22-16-10-7-6-9-15(16)18(27)25(20)12-8-11-24(3)4/h6-7,9-10,14H,5,8,11-13H2,1-4H3,(H2,21,23,26,28)/t14-/m0/s1.